The zero-order chi connectivity index (χ0) is 9.80. The summed E-state index contributed by atoms with van der Waals surface area (Å²) >= 11 is 0. The normalized spacial score (nSPS) is 19.3. The Morgan fingerprint density at radius 2 is 1.93 bits per heavy atom. The number of hydrogen-bond acceptors (Lipinski definition) is 2. The van der Waals surface area contributed by atoms with Gasteiger partial charge in [0.15, 0.2) is 0 Å². The molecule has 1 heterocycles. The molecule has 0 aliphatic heterocycles. The maximum Gasteiger partial charge on any atom is 0.0573 e. The zero-order valence-electron chi connectivity index (χ0n) is 8.93. The van der Waals surface area contributed by atoms with Gasteiger partial charge < -0.3 is 5.73 Å². The van der Waals surface area contributed by atoms with Crippen LogP contribution < -0.4 is 5.73 Å². The van der Waals surface area contributed by atoms with E-state index in [0.717, 1.165) is 5.69 Å². The van der Waals surface area contributed by atoms with Crippen LogP contribution in [0.5, 0.6) is 0 Å². The second-order valence-electron chi connectivity index (χ2n) is 4.18. The Bertz CT molecular complexity index is 270. The van der Waals surface area contributed by atoms with Crippen LogP contribution in [0.3, 0.4) is 0 Å². The summed E-state index contributed by atoms with van der Waals surface area (Å²) in [6.07, 6.45) is 8.44. The highest BCUT2D eigenvalue weighted by molar-refractivity contribution is 5.85. The lowest BCUT2D eigenvalue weighted by atomic mass is 9.83. The predicted molar refractivity (Wildman–Crippen MR) is 65.0 cm³/mol. The number of nitrogens with two attached hydrogens (primary N) is 1. The summed E-state index contributed by atoms with van der Waals surface area (Å²) in [6.45, 7) is 0. The van der Waals surface area contributed by atoms with E-state index in [-0.39, 0.29) is 18.4 Å². The molecule has 0 aromatic carbocycles. The first-order valence-electron chi connectivity index (χ1n) is 5.54. The van der Waals surface area contributed by atoms with Crippen molar-refractivity contribution in [2.45, 2.75) is 38.1 Å². The average molecular weight is 227 g/mol. The van der Waals surface area contributed by atoms with Crippen LogP contribution in [0, 0.1) is 5.92 Å². The van der Waals surface area contributed by atoms with Crippen molar-refractivity contribution in [1.29, 1.82) is 0 Å². The van der Waals surface area contributed by atoms with E-state index in [2.05, 4.69) is 4.98 Å². The van der Waals surface area contributed by atoms with E-state index < -0.39 is 0 Å². The van der Waals surface area contributed by atoms with E-state index in [4.69, 9.17) is 5.73 Å². The van der Waals surface area contributed by atoms with Gasteiger partial charge in [0.25, 0.3) is 0 Å². The van der Waals surface area contributed by atoms with Gasteiger partial charge in [-0.25, -0.2) is 0 Å². The minimum atomic E-state index is 0. The fourth-order valence-electron chi connectivity index (χ4n) is 2.31. The molecule has 2 nitrogen and oxygen atoms in total. The number of nitrogens with zero attached hydrogens (tertiary/aromatic N) is 1. The van der Waals surface area contributed by atoms with E-state index in [1.165, 1.54) is 32.1 Å². The summed E-state index contributed by atoms with van der Waals surface area (Å²) in [5, 5.41) is 0. The summed E-state index contributed by atoms with van der Waals surface area (Å²) in [4.78, 5) is 4.33. The number of rotatable bonds is 2. The fourth-order valence-corrected chi connectivity index (χ4v) is 2.31. The van der Waals surface area contributed by atoms with Crippen LogP contribution in [0.4, 0.5) is 0 Å². The summed E-state index contributed by atoms with van der Waals surface area (Å²) in [6, 6.07) is 6.15. The molecule has 1 aliphatic rings. The molecule has 0 bridgehead atoms. The maximum atomic E-state index is 6.21. The van der Waals surface area contributed by atoms with Crippen LogP contribution in [0.15, 0.2) is 24.4 Å². The molecule has 0 unspecified atom stereocenters. The van der Waals surface area contributed by atoms with Crippen LogP contribution in [-0.2, 0) is 0 Å². The van der Waals surface area contributed by atoms with Crippen molar-refractivity contribution >= 4 is 12.4 Å². The SMILES string of the molecule is Cl.N[C@H](c1ccccn1)C1CCCCC1. The van der Waals surface area contributed by atoms with Gasteiger partial charge in [-0.2, -0.15) is 0 Å². The van der Waals surface area contributed by atoms with Gasteiger partial charge in [0.1, 0.15) is 0 Å². The average Bonchev–Trinajstić information content (AvgIpc) is 2.30. The first-order valence-corrected chi connectivity index (χ1v) is 5.54. The van der Waals surface area contributed by atoms with Gasteiger partial charge in [-0.1, -0.05) is 25.3 Å². The Balaban J connectivity index is 0.00000112. The van der Waals surface area contributed by atoms with Gasteiger partial charge in [-0.15, -0.1) is 12.4 Å². The van der Waals surface area contributed by atoms with Crippen molar-refractivity contribution in [3.63, 3.8) is 0 Å². The van der Waals surface area contributed by atoms with E-state index in [1.807, 2.05) is 24.4 Å². The third-order valence-corrected chi connectivity index (χ3v) is 3.19. The molecule has 1 fully saturated rings. The highest BCUT2D eigenvalue weighted by Crippen LogP contribution is 2.31. The smallest absolute Gasteiger partial charge is 0.0573 e. The molecular formula is C12H19ClN2. The molecule has 3 heteroatoms. The number of hydrogen-bond donors (Lipinski definition) is 1. The Hall–Kier alpha value is -0.600. The summed E-state index contributed by atoms with van der Waals surface area (Å²) in [5.74, 6) is 0.652. The lowest BCUT2D eigenvalue weighted by Gasteiger charge is -2.26. The van der Waals surface area contributed by atoms with Crippen molar-refractivity contribution in [3.8, 4) is 0 Å². The number of pyridine rings is 1. The Morgan fingerprint density at radius 1 is 1.20 bits per heavy atom. The Labute approximate surface area is 97.7 Å². The molecule has 0 amide bonds. The molecule has 1 atom stereocenters. The molecule has 1 aromatic rings. The lowest BCUT2D eigenvalue weighted by Crippen LogP contribution is -2.24. The Kier molecular flexibility index (Phi) is 5.06. The highest BCUT2D eigenvalue weighted by atomic mass is 35.5. The monoisotopic (exact) mass is 226 g/mol. The maximum absolute atomic E-state index is 6.21. The molecule has 0 saturated heterocycles. The standard InChI is InChI=1S/C12H18N2.ClH/c13-12(10-6-2-1-3-7-10)11-8-4-5-9-14-11;/h4-5,8-10,12H,1-3,6-7,13H2;1H/t12-;/m0./s1. The molecule has 1 aliphatic carbocycles. The van der Waals surface area contributed by atoms with E-state index >= 15 is 0 Å². The second-order valence-corrected chi connectivity index (χ2v) is 4.18. The predicted octanol–water partition coefficient (Wildman–Crippen LogP) is 3.08. The largest absolute Gasteiger partial charge is 0.322 e. The molecule has 15 heavy (non-hydrogen) atoms. The fraction of sp³-hybridized carbons (Fsp3) is 0.583. The van der Waals surface area contributed by atoms with Crippen LogP contribution in [-0.4, -0.2) is 4.98 Å². The second kappa shape index (κ2) is 6.09. The van der Waals surface area contributed by atoms with Crippen molar-refractivity contribution in [1.82, 2.24) is 4.98 Å². The first kappa shape index (κ1) is 12.5. The molecule has 0 radical (unpaired) electrons. The summed E-state index contributed by atoms with van der Waals surface area (Å²) < 4.78 is 0. The van der Waals surface area contributed by atoms with Crippen LogP contribution in [0.2, 0.25) is 0 Å². The van der Waals surface area contributed by atoms with Crippen molar-refractivity contribution in [2.24, 2.45) is 11.7 Å². The van der Waals surface area contributed by atoms with Crippen molar-refractivity contribution in [2.75, 3.05) is 0 Å². The van der Waals surface area contributed by atoms with Gasteiger partial charge >= 0.3 is 0 Å². The van der Waals surface area contributed by atoms with Gasteiger partial charge in [-0.3, -0.25) is 4.98 Å². The molecule has 84 valence electrons. The van der Waals surface area contributed by atoms with Crippen molar-refractivity contribution in [3.05, 3.63) is 30.1 Å². The topological polar surface area (TPSA) is 38.9 Å². The quantitative estimate of drug-likeness (QED) is 0.842. The third-order valence-electron chi connectivity index (χ3n) is 3.19. The van der Waals surface area contributed by atoms with Gasteiger partial charge in [0.2, 0.25) is 0 Å². The van der Waals surface area contributed by atoms with Gasteiger partial charge in [0, 0.05) is 12.2 Å². The Morgan fingerprint density at radius 3 is 2.53 bits per heavy atom. The summed E-state index contributed by atoms with van der Waals surface area (Å²) in [7, 11) is 0. The van der Waals surface area contributed by atoms with Crippen LogP contribution in [0.25, 0.3) is 0 Å². The molecular weight excluding hydrogens is 208 g/mol. The highest BCUT2D eigenvalue weighted by Gasteiger charge is 2.22. The minimum Gasteiger partial charge on any atom is -0.322 e. The number of aromatic nitrogens is 1. The van der Waals surface area contributed by atoms with Gasteiger partial charge in [-0.05, 0) is 30.9 Å². The van der Waals surface area contributed by atoms with E-state index in [9.17, 15) is 0 Å². The van der Waals surface area contributed by atoms with E-state index in [1.54, 1.807) is 0 Å². The zero-order valence-corrected chi connectivity index (χ0v) is 9.75. The lowest BCUT2D eigenvalue weighted by molar-refractivity contribution is 0.305. The van der Waals surface area contributed by atoms with Crippen molar-refractivity contribution < 1.29 is 0 Å². The van der Waals surface area contributed by atoms with Crippen LogP contribution in [0.1, 0.15) is 43.8 Å². The molecule has 0 spiro atoms. The molecule has 1 aromatic heterocycles. The first-order chi connectivity index (χ1) is 6.88. The molecule has 2 N–H and O–H groups in total. The minimum absolute atomic E-state index is 0. The van der Waals surface area contributed by atoms with Crippen LogP contribution >= 0.6 is 12.4 Å². The third kappa shape index (κ3) is 3.18. The molecule has 1 saturated carbocycles. The number of halogens is 1. The summed E-state index contributed by atoms with van der Waals surface area (Å²) in [5.41, 5.74) is 7.26. The molecule has 2 rings (SSSR count). The van der Waals surface area contributed by atoms with E-state index in [0.29, 0.717) is 5.92 Å². The van der Waals surface area contributed by atoms with Gasteiger partial charge in [0.05, 0.1) is 5.69 Å².